The molecule has 2 heterocycles. The summed E-state index contributed by atoms with van der Waals surface area (Å²) in [6, 6.07) is 0. The van der Waals surface area contributed by atoms with Crippen LogP contribution in [0, 0.1) is 5.92 Å². The summed E-state index contributed by atoms with van der Waals surface area (Å²) >= 11 is 1.66. The van der Waals surface area contributed by atoms with Crippen molar-refractivity contribution in [2.75, 3.05) is 19.7 Å². The number of likely N-dealkylation sites (tertiary alicyclic amines) is 1. The van der Waals surface area contributed by atoms with Gasteiger partial charge in [-0.3, -0.25) is 4.90 Å². The first kappa shape index (κ1) is 10.1. The average molecular weight is 212 g/mol. The molecule has 0 radical (unpaired) electrons. The van der Waals surface area contributed by atoms with Crippen LogP contribution in [0.4, 0.5) is 0 Å². The summed E-state index contributed by atoms with van der Waals surface area (Å²) in [5.41, 5.74) is 3.06. The van der Waals surface area contributed by atoms with Crippen LogP contribution in [0.1, 0.15) is 18.5 Å². The molecule has 1 aromatic heterocycles. The molecule has 1 N–H and O–H groups in total. The molecule has 0 amide bonds. The smallest absolute Gasteiger partial charge is 0.0795 e. The molecule has 0 bridgehead atoms. The maximum atomic E-state index is 9.00. The predicted molar refractivity (Wildman–Crippen MR) is 57.2 cm³/mol. The largest absolute Gasteiger partial charge is 0.396 e. The van der Waals surface area contributed by atoms with E-state index in [1.54, 1.807) is 11.3 Å². The number of aromatic nitrogens is 1. The van der Waals surface area contributed by atoms with Gasteiger partial charge in [0.1, 0.15) is 0 Å². The van der Waals surface area contributed by atoms with Crippen LogP contribution in [0.15, 0.2) is 10.9 Å². The van der Waals surface area contributed by atoms with Gasteiger partial charge in [0.05, 0.1) is 11.2 Å². The summed E-state index contributed by atoms with van der Waals surface area (Å²) in [6.45, 7) is 3.53. The predicted octanol–water partition coefficient (Wildman–Crippen LogP) is 1.35. The fourth-order valence-corrected chi connectivity index (χ4v) is 2.42. The van der Waals surface area contributed by atoms with Crippen LogP contribution in [0.3, 0.4) is 0 Å². The number of aliphatic hydroxyl groups excluding tert-OH is 1. The molecule has 2 rings (SSSR count). The SMILES string of the molecule is OCC1CCN(Cc2cscn2)CC1. The second-order valence-electron chi connectivity index (χ2n) is 3.88. The zero-order chi connectivity index (χ0) is 9.80. The Labute approximate surface area is 88.4 Å². The first-order chi connectivity index (χ1) is 6.88. The lowest BCUT2D eigenvalue weighted by Gasteiger charge is -2.30. The topological polar surface area (TPSA) is 36.4 Å². The van der Waals surface area contributed by atoms with Crippen LogP contribution in [0.25, 0.3) is 0 Å². The highest BCUT2D eigenvalue weighted by molar-refractivity contribution is 7.07. The number of rotatable bonds is 3. The molecule has 1 fully saturated rings. The third-order valence-corrected chi connectivity index (χ3v) is 3.47. The van der Waals surface area contributed by atoms with E-state index < -0.39 is 0 Å². The minimum Gasteiger partial charge on any atom is -0.396 e. The minimum atomic E-state index is 0.352. The molecule has 0 spiro atoms. The molecule has 0 atom stereocenters. The van der Waals surface area contributed by atoms with E-state index in [-0.39, 0.29) is 0 Å². The molecule has 1 aliphatic rings. The Morgan fingerprint density at radius 2 is 2.29 bits per heavy atom. The molecular weight excluding hydrogens is 196 g/mol. The van der Waals surface area contributed by atoms with E-state index in [4.69, 9.17) is 5.11 Å². The van der Waals surface area contributed by atoms with Gasteiger partial charge < -0.3 is 5.11 Å². The van der Waals surface area contributed by atoms with Gasteiger partial charge in [-0.2, -0.15) is 0 Å². The molecule has 3 nitrogen and oxygen atoms in total. The van der Waals surface area contributed by atoms with E-state index in [0.29, 0.717) is 12.5 Å². The lowest BCUT2D eigenvalue weighted by Crippen LogP contribution is -2.34. The van der Waals surface area contributed by atoms with Crippen molar-refractivity contribution >= 4 is 11.3 Å². The molecule has 1 saturated heterocycles. The van der Waals surface area contributed by atoms with Crippen molar-refractivity contribution in [2.45, 2.75) is 19.4 Å². The zero-order valence-corrected chi connectivity index (χ0v) is 9.04. The van der Waals surface area contributed by atoms with Crippen molar-refractivity contribution in [3.8, 4) is 0 Å². The second kappa shape index (κ2) is 4.87. The van der Waals surface area contributed by atoms with E-state index in [9.17, 15) is 0 Å². The molecule has 0 aliphatic carbocycles. The van der Waals surface area contributed by atoms with Crippen molar-refractivity contribution in [3.05, 3.63) is 16.6 Å². The second-order valence-corrected chi connectivity index (χ2v) is 4.60. The highest BCUT2D eigenvalue weighted by atomic mass is 32.1. The Bertz CT molecular complexity index is 255. The minimum absolute atomic E-state index is 0.352. The van der Waals surface area contributed by atoms with Gasteiger partial charge in [0.15, 0.2) is 0 Å². The van der Waals surface area contributed by atoms with E-state index in [0.717, 1.165) is 32.5 Å². The van der Waals surface area contributed by atoms with Crippen molar-refractivity contribution in [1.82, 2.24) is 9.88 Å². The number of piperidine rings is 1. The Balaban J connectivity index is 1.79. The third kappa shape index (κ3) is 2.53. The summed E-state index contributed by atoms with van der Waals surface area (Å²) < 4.78 is 0. The van der Waals surface area contributed by atoms with Gasteiger partial charge in [-0.1, -0.05) is 0 Å². The first-order valence-corrected chi connectivity index (χ1v) is 6.03. The molecule has 0 aromatic carbocycles. The number of hydrogen-bond donors (Lipinski definition) is 1. The normalized spacial score (nSPS) is 20.1. The standard InChI is InChI=1S/C10H16N2OS/c13-6-9-1-3-12(4-2-9)5-10-7-14-8-11-10/h7-9,13H,1-6H2. The monoisotopic (exact) mass is 212 g/mol. The Morgan fingerprint density at radius 3 is 2.86 bits per heavy atom. The number of nitrogens with zero attached hydrogens (tertiary/aromatic N) is 2. The Morgan fingerprint density at radius 1 is 1.50 bits per heavy atom. The lowest BCUT2D eigenvalue weighted by atomic mass is 9.98. The highest BCUT2D eigenvalue weighted by Crippen LogP contribution is 2.18. The lowest BCUT2D eigenvalue weighted by molar-refractivity contribution is 0.126. The van der Waals surface area contributed by atoms with Gasteiger partial charge in [-0.15, -0.1) is 11.3 Å². The van der Waals surface area contributed by atoms with Crippen LogP contribution in [-0.4, -0.2) is 34.7 Å². The average Bonchev–Trinajstić information content (AvgIpc) is 2.72. The molecule has 4 heteroatoms. The van der Waals surface area contributed by atoms with Gasteiger partial charge in [0.25, 0.3) is 0 Å². The summed E-state index contributed by atoms with van der Waals surface area (Å²) in [5, 5.41) is 11.1. The first-order valence-electron chi connectivity index (χ1n) is 5.09. The van der Waals surface area contributed by atoms with Crippen LogP contribution < -0.4 is 0 Å². The van der Waals surface area contributed by atoms with E-state index >= 15 is 0 Å². The van der Waals surface area contributed by atoms with Gasteiger partial charge in [0, 0.05) is 18.5 Å². The van der Waals surface area contributed by atoms with Crippen LogP contribution in [0.2, 0.25) is 0 Å². The fraction of sp³-hybridized carbons (Fsp3) is 0.700. The van der Waals surface area contributed by atoms with Gasteiger partial charge in [-0.25, -0.2) is 4.98 Å². The summed E-state index contributed by atoms with van der Waals surface area (Å²) in [6.07, 6.45) is 2.25. The van der Waals surface area contributed by atoms with E-state index in [1.807, 2.05) is 5.51 Å². The van der Waals surface area contributed by atoms with Gasteiger partial charge >= 0.3 is 0 Å². The van der Waals surface area contributed by atoms with Gasteiger partial charge in [-0.05, 0) is 31.8 Å². The molecule has 0 unspecified atom stereocenters. The van der Waals surface area contributed by atoms with Crippen molar-refractivity contribution in [3.63, 3.8) is 0 Å². The Kier molecular flexibility index (Phi) is 3.50. The zero-order valence-electron chi connectivity index (χ0n) is 8.22. The highest BCUT2D eigenvalue weighted by Gasteiger charge is 2.18. The number of aliphatic hydroxyl groups is 1. The van der Waals surface area contributed by atoms with Crippen LogP contribution in [-0.2, 0) is 6.54 Å². The molecular formula is C10H16N2OS. The summed E-state index contributed by atoms with van der Waals surface area (Å²) in [5.74, 6) is 0.529. The third-order valence-electron chi connectivity index (χ3n) is 2.83. The number of thiazole rings is 1. The maximum Gasteiger partial charge on any atom is 0.0795 e. The van der Waals surface area contributed by atoms with Crippen molar-refractivity contribution < 1.29 is 5.11 Å². The van der Waals surface area contributed by atoms with Crippen LogP contribution in [0.5, 0.6) is 0 Å². The maximum absolute atomic E-state index is 9.00. The number of hydrogen-bond acceptors (Lipinski definition) is 4. The van der Waals surface area contributed by atoms with Gasteiger partial charge in [0.2, 0.25) is 0 Å². The Hall–Kier alpha value is -0.450. The quantitative estimate of drug-likeness (QED) is 0.821. The molecule has 14 heavy (non-hydrogen) atoms. The molecule has 78 valence electrons. The van der Waals surface area contributed by atoms with E-state index in [2.05, 4.69) is 15.3 Å². The molecule has 0 saturated carbocycles. The molecule has 1 aliphatic heterocycles. The van der Waals surface area contributed by atoms with E-state index in [1.165, 1.54) is 5.69 Å². The molecule has 1 aromatic rings. The van der Waals surface area contributed by atoms with Crippen molar-refractivity contribution in [1.29, 1.82) is 0 Å². The summed E-state index contributed by atoms with van der Waals surface area (Å²) in [4.78, 5) is 6.69. The fourth-order valence-electron chi connectivity index (χ4n) is 1.87. The van der Waals surface area contributed by atoms with Crippen molar-refractivity contribution in [2.24, 2.45) is 5.92 Å². The summed E-state index contributed by atoms with van der Waals surface area (Å²) in [7, 11) is 0. The van der Waals surface area contributed by atoms with Crippen LogP contribution >= 0.6 is 11.3 Å².